The largest absolute Gasteiger partial charge is 0.436 e. The molecule has 0 amide bonds. The fourth-order valence-electron chi connectivity index (χ4n) is 3.41. The first-order chi connectivity index (χ1) is 13.4. The molecule has 0 N–H and O–H groups in total. The van der Waals surface area contributed by atoms with Crippen molar-refractivity contribution in [1.29, 1.82) is 5.26 Å². The van der Waals surface area contributed by atoms with E-state index in [1.165, 1.54) is 0 Å². The summed E-state index contributed by atoms with van der Waals surface area (Å²) in [4.78, 5) is 4.58. The Hall–Kier alpha value is -3.38. The number of hydrogen-bond acceptors (Lipinski definition) is 3. The van der Waals surface area contributed by atoms with E-state index in [1.807, 2.05) is 66.9 Å². The van der Waals surface area contributed by atoms with Crippen LogP contribution in [0.5, 0.6) is 0 Å². The van der Waals surface area contributed by atoms with E-state index in [4.69, 9.17) is 4.42 Å². The highest BCUT2D eigenvalue weighted by atomic mass is 16.4. The predicted octanol–water partition coefficient (Wildman–Crippen LogP) is 6.54. The van der Waals surface area contributed by atoms with Gasteiger partial charge in [-0.2, -0.15) is 5.26 Å². The Morgan fingerprint density at radius 1 is 0.963 bits per heavy atom. The minimum absolute atomic E-state index is 0.393. The average molecular weight is 352 g/mol. The van der Waals surface area contributed by atoms with Crippen molar-refractivity contribution in [2.45, 2.75) is 19.3 Å². The van der Waals surface area contributed by atoms with Crippen LogP contribution in [0.15, 0.2) is 82.2 Å². The molecule has 1 aromatic heterocycles. The lowest BCUT2D eigenvalue weighted by molar-refractivity contribution is 0.587. The third kappa shape index (κ3) is 3.61. The summed E-state index contributed by atoms with van der Waals surface area (Å²) < 4.78 is 6.13. The minimum Gasteiger partial charge on any atom is -0.436 e. The highest BCUT2D eigenvalue weighted by molar-refractivity contribution is 5.88. The van der Waals surface area contributed by atoms with E-state index in [-0.39, 0.29) is 0 Å². The molecule has 27 heavy (non-hydrogen) atoms. The molecule has 4 rings (SSSR count). The minimum atomic E-state index is 0.393. The van der Waals surface area contributed by atoms with E-state index in [2.05, 4.69) is 23.2 Å². The number of aliphatic imine (C=N–C) groups is 1. The van der Waals surface area contributed by atoms with Crippen molar-refractivity contribution in [3.63, 3.8) is 0 Å². The van der Waals surface area contributed by atoms with Gasteiger partial charge in [-0.05, 0) is 30.7 Å². The molecule has 0 bridgehead atoms. The molecule has 3 heteroatoms. The number of allylic oxidation sites excluding steroid dienone is 2. The van der Waals surface area contributed by atoms with Crippen LogP contribution >= 0.6 is 0 Å². The second-order valence-electron chi connectivity index (χ2n) is 6.65. The van der Waals surface area contributed by atoms with Gasteiger partial charge in [0.15, 0.2) is 0 Å². The molecule has 1 atom stereocenters. The van der Waals surface area contributed by atoms with Crippen molar-refractivity contribution in [1.82, 2.24) is 0 Å². The Bertz CT molecular complexity index is 1010. The summed E-state index contributed by atoms with van der Waals surface area (Å²) in [6, 6.07) is 22.1. The topological polar surface area (TPSA) is 49.3 Å². The van der Waals surface area contributed by atoms with Crippen molar-refractivity contribution in [3.8, 4) is 28.5 Å². The van der Waals surface area contributed by atoms with Crippen molar-refractivity contribution in [3.05, 3.63) is 78.4 Å². The van der Waals surface area contributed by atoms with Gasteiger partial charge in [0, 0.05) is 17.3 Å². The number of nitrogens with zero attached hydrogens (tertiary/aromatic N) is 2. The molecule has 3 aromatic rings. The maximum atomic E-state index is 9.86. The maximum Gasteiger partial charge on any atom is 0.237 e. The number of furan rings is 1. The SMILES string of the molecule is N#Cc1c(/N=C/C2CC=CCC2)oc(-c2ccccc2)c1-c1ccccc1. The van der Waals surface area contributed by atoms with Crippen LogP contribution in [0.1, 0.15) is 24.8 Å². The molecule has 0 spiro atoms. The molecule has 0 aliphatic heterocycles. The summed E-state index contributed by atoms with van der Waals surface area (Å²) in [5.74, 6) is 1.48. The second kappa shape index (κ2) is 7.88. The van der Waals surface area contributed by atoms with Crippen molar-refractivity contribution < 1.29 is 4.42 Å². The fourth-order valence-corrected chi connectivity index (χ4v) is 3.41. The first kappa shape index (κ1) is 17.1. The Balaban J connectivity index is 1.83. The third-order valence-electron chi connectivity index (χ3n) is 4.81. The molecule has 1 aliphatic carbocycles. The molecule has 0 saturated heterocycles. The van der Waals surface area contributed by atoms with Gasteiger partial charge in [0.25, 0.3) is 0 Å². The summed E-state index contributed by atoms with van der Waals surface area (Å²) in [6.07, 6.45) is 9.48. The van der Waals surface area contributed by atoms with Crippen LogP contribution in [-0.4, -0.2) is 6.21 Å². The van der Waals surface area contributed by atoms with Gasteiger partial charge in [-0.3, -0.25) is 0 Å². The molecule has 2 aromatic carbocycles. The molecule has 1 aliphatic rings. The molecule has 1 heterocycles. The summed E-state index contributed by atoms with van der Waals surface area (Å²) in [7, 11) is 0. The van der Waals surface area contributed by atoms with E-state index >= 15 is 0 Å². The first-order valence-corrected chi connectivity index (χ1v) is 9.23. The smallest absolute Gasteiger partial charge is 0.237 e. The van der Waals surface area contributed by atoms with Gasteiger partial charge in [0.05, 0.1) is 0 Å². The Kier molecular flexibility index (Phi) is 4.98. The van der Waals surface area contributed by atoms with Gasteiger partial charge in [-0.15, -0.1) is 0 Å². The van der Waals surface area contributed by atoms with E-state index in [1.54, 1.807) is 0 Å². The maximum absolute atomic E-state index is 9.86. The zero-order valence-electron chi connectivity index (χ0n) is 15.0. The summed E-state index contributed by atoms with van der Waals surface area (Å²) in [5.41, 5.74) is 3.19. The average Bonchev–Trinajstić information content (AvgIpc) is 3.13. The van der Waals surface area contributed by atoms with Gasteiger partial charge in [0.1, 0.15) is 17.4 Å². The van der Waals surface area contributed by atoms with Gasteiger partial charge in [-0.25, -0.2) is 4.99 Å². The van der Waals surface area contributed by atoms with Crippen LogP contribution in [-0.2, 0) is 0 Å². The molecule has 3 nitrogen and oxygen atoms in total. The van der Waals surface area contributed by atoms with Crippen LogP contribution in [0.3, 0.4) is 0 Å². The zero-order chi connectivity index (χ0) is 18.5. The van der Waals surface area contributed by atoms with Crippen LogP contribution < -0.4 is 0 Å². The van der Waals surface area contributed by atoms with Gasteiger partial charge < -0.3 is 4.42 Å². The van der Waals surface area contributed by atoms with Crippen molar-refractivity contribution >= 4 is 12.1 Å². The van der Waals surface area contributed by atoms with E-state index in [9.17, 15) is 5.26 Å². The number of nitriles is 1. The number of benzene rings is 2. The quantitative estimate of drug-likeness (QED) is 0.395. The number of hydrogen-bond donors (Lipinski definition) is 0. The molecular formula is C24H20N2O. The van der Waals surface area contributed by atoms with Crippen molar-refractivity contribution in [2.24, 2.45) is 10.9 Å². The highest BCUT2D eigenvalue weighted by Crippen LogP contribution is 2.42. The summed E-state index contributed by atoms with van der Waals surface area (Å²) in [5, 5.41) is 9.86. The molecule has 0 saturated carbocycles. The normalized spacial score (nSPS) is 16.5. The second-order valence-corrected chi connectivity index (χ2v) is 6.65. The van der Waals surface area contributed by atoms with Crippen LogP contribution in [0.2, 0.25) is 0 Å². The van der Waals surface area contributed by atoms with Gasteiger partial charge in [-0.1, -0.05) is 72.8 Å². The monoisotopic (exact) mass is 352 g/mol. The first-order valence-electron chi connectivity index (χ1n) is 9.23. The molecule has 0 fully saturated rings. The number of rotatable bonds is 4. The molecular weight excluding hydrogens is 332 g/mol. The Morgan fingerprint density at radius 2 is 1.67 bits per heavy atom. The van der Waals surface area contributed by atoms with Crippen LogP contribution in [0.4, 0.5) is 5.88 Å². The van der Waals surface area contributed by atoms with E-state index in [0.29, 0.717) is 23.1 Å². The third-order valence-corrected chi connectivity index (χ3v) is 4.81. The lowest BCUT2D eigenvalue weighted by atomic mass is 9.96. The summed E-state index contributed by atoms with van der Waals surface area (Å²) >= 11 is 0. The fraction of sp³-hybridized carbons (Fsp3) is 0.167. The standard InChI is InChI=1S/C24H20N2O/c25-16-21-22(19-12-6-2-7-13-19)23(20-14-8-3-9-15-20)27-24(21)26-17-18-10-4-1-5-11-18/h1-4,6-9,12-15,17-18H,5,10-11H2/b26-17+. The molecule has 0 radical (unpaired) electrons. The van der Waals surface area contributed by atoms with E-state index in [0.717, 1.165) is 36.0 Å². The Morgan fingerprint density at radius 3 is 2.30 bits per heavy atom. The lowest BCUT2D eigenvalue weighted by Gasteiger charge is -2.11. The van der Waals surface area contributed by atoms with Crippen LogP contribution in [0.25, 0.3) is 22.5 Å². The van der Waals surface area contributed by atoms with Gasteiger partial charge >= 0.3 is 0 Å². The highest BCUT2D eigenvalue weighted by Gasteiger charge is 2.22. The molecule has 132 valence electrons. The van der Waals surface area contributed by atoms with Crippen LogP contribution in [0, 0.1) is 17.2 Å². The predicted molar refractivity (Wildman–Crippen MR) is 109 cm³/mol. The molecule has 1 unspecified atom stereocenters. The Labute approximate surface area is 159 Å². The summed E-state index contributed by atoms with van der Waals surface area (Å²) in [6.45, 7) is 0. The lowest BCUT2D eigenvalue weighted by Crippen LogP contribution is -2.03. The van der Waals surface area contributed by atoms with Gasteiger partial charge in [0.2, 0.25) is 5.88 Å². The van der Waals surface area contributed by atoms with E-state index < -0.39 is 0 Å². The van der Waals surface area contributed by atoms with Crippen molar-refractivity contribution in [2.75, 3.05) is 0 Å². The zero-order valence-corrected chi connectivity index (χ0v) is 15.0.